The molecule has 3 aromatic rings. The predicted molar refractivity (Wildman–Crippen MR) is 146 cm³/mol. The Morgan fingerprint density at radius 3 is 2.46 bits per heavy atom. The number of benzene rings is 3. The predicted octanol–water partition coefficient (Wildman–Crippen LogP) is 5.18. The monoisotopic (exact) mass is 569 g/mol. The van der Waals surface area contributed by atoms with Gasteiger partial charge in [0.15, 0.2) is 6.61 Å². The molecule has 0 spiro atoms. The van der Waals surface area contributed by atoms with E-state index in [4.69, 9.17) is 21.1 Å². The molecule has 9 nitrogen and oxygen atoms in total. The molecule has 1 saturated heterocycles. The molecule has 1 aliphatic heterocycles. The number of anilines is 2. The number of methoxy groups -OCH3 is 1. The van der Waals surface area contributed by atoms with Crippen molar-refractivity contribution < 1.29 is 33.0 Å². The van der Waals surface area contributed by atoms with Crippen LogP contribution in [0.4, 0.5) is 20.6 Å². The molecule has 200 valence electrons. The molecule has 0 unspecified atom stereocenters. The van der Waals surface area contributed by atoms with Crippen molar-refractivity contribution in [3.63, 3.8) is 0 Å². The van der Waals surface area contributed by atoms with E-state index in [1.165, 1.54) is 43.5 Å². The quantitative estimate of drug-likeness (QED) is 0.341. The van der Waals surface area contributed by atoms with Gasteiger partial charge in [0.25, 0.3) is 17.1 Å². The molecule has 0 radical (unpaired) electrons. The van der Waals surface area contributed by atoms with Crippen LogP contribution in [-0.4, -0.2) is 48.1 Å². The van der Waals surface area contributed by atoms with Crippen molar-refractivity contribution >= 4 is 63.8 Å². The number of rotatable bonds is 9. The summed E-state index contributed by atoms with van der Waals surface area (Å²) in [7, 11) is 1.52. The second-order valence-electron chi connectivity index (χ2n) is 8.05. The minimum absolute atomic E-state index is 0.0275. The van der Waals surface area contributed by atoms with Crippen LogP contribution in [0.5, 0.6) is 11.5 Å². The second kappa shape index (κ2) is 12.5. The molecule has 1 heterocycles. The maximum absolute atomic E-state index is 13.7. The molecule has 0 aliphatic carbocycles. The number of hydrogen-bond donors (Lipinski definition) is 2. The van der Waals surface area contributed by atoms with Crippen LogP contribution in [0.3, 0.4) is 0 Å². The highest BCUT2D eigenvalue weighted by Crippen LogP contribution is 2.34. The fourth-order valence-electron chi connectivity index (χ4n) is 3.42. The van der Waals surface area contributed by atoms with Crippen LogP contribution in [0, 0.1) is 5.82 Å². The average Bonchev–Trinajstić information content (AvgIpc) is 3.17. The molecular formula is C27H21ClFN3O6S. The maximum atomic E-state index is 13.7. The smallest absolute Gasteiger partial charge is 0.294 e. The number of hydrogen-bond acceptors (Lipinski definition) is 7. The lowest BCUT2D eigenvalue weighted by Gasteiger charge is -2.12. The number of halogens is 2. The van der Waals surface area contributed by atoms with Gasteiger partial charge in [-0.3, -0.25) is 24.1 Å². The SMILES string of the molecule is COc1ccc(NC(=O)CN2C(=O)S/C(=C\c3ccc(OCC(=O)Nc4ccccc4F)c(Cl)c3)C2=O)cc1. The van der Waals surface area contributed by atoms with Crippen molar-refractivity contribution in [3.05, 3.63) is 88.0 Å². The maximum Gasteiger partial charge on any atom is 0.294 e. The lowest BCUT2D eigenvalue weighted by atomic mass is 10.2. The van der Waals surface area contributed by atoms with Gasteiger partial charge in [-0.1, -0.05) is 29.8 Å². The zero-order chi connectivity index (χ0) is 27.9. The molecule has 39 heavy (non-hydrogen) atoms. The second-order valence-corrected chi connectivity index (χ2v) is 9.45. The van der Waals surface area contributed by atoms with E-state index in [0.717, 1.165) is 4.90 Å². The van der Waals surface area contributed by atoms with Crippen LogP contribution in [-0.2, 0) is 14.4 Å². The third-order valence-electron chi connectivity index (χ3n) is 5.31. The molecule has 0 saturated carbocycles. The van der Waals surface area contributed by atoms with Crippen molar-refractivity contribution in [3.8, 4) is 11.5 Å². The van der Waals surface area contributed by atoms with Crippen molar-refractivity contribution in [1.29, 1.82) is 0 Å². The van der Waals surface area contributed by atoms with Crippen molar-refractivity contribution in [1.82, 2.24) is 4.90 Å². The molecule has 1 fully saturated rings. The van der Waals surface area contributed by atoms with Gasteiger partial charge in [-0.15, -0.1) is 0 Å². The molecular weight excluding hydrogens is 549 g/mol. The summed E-state index contributed by atoms with van der Waals surface area (Å²) in [6, 6.07) is 16.9. The molecule has 12 heteroatoms. The van der Waals surface area contributed by atoms with E-state index in [1.807, 2.05) is 0 Å². The molecule has 1 aliphatic rings. The number of para-hydroxylation sites is 1. The van der Waals surface area contributed by atoms with Crippen LogP contribution >= 0.6 is 23.4 Å². The van der Waals surface area contributed by atoms with Gasteiger partial charge in [0.05, 0.1) is 22.7 Å². The summed E-state index contributed by atoms with van der Waals surface area (Å²) < 4.78 is 24.2. The van der Waals surface area contributed by atoms with Gasteiger partial charge in [0.1, 0.15) is 23.9 Å². The Labute approximate surface area is 231 Å². The van der Waals surface area contributed by atoms with E-state index in [0.29, 0.717) is 28.8 Å². The third-order valence-corrected chi connectivity index (χ3v) is 6.51. The fraction of sp³-hybridized carbons (Fsp3) is 0.111. The molecule has 0 aromatic heterocycles. The van der Waals surface area contributed by atoms with E-state index in [1.54, 1.807) is 36.4 Å². The zero-order valence-electron chi connectivity index (χ0n) is 20.4. The van der Waals surface area contributed by atoms with Crippen molar-refractivity contribution in [2.45, 2.75) is 0 Å². The van der Waals surface area contributed by atoms with Crippen molar-refractivity contribution in [2.24, 2.45) is 0 Å². The van der Waals surface area contributed by atoms with E-state index in [-0.39, 0.29) is 21.4 Å². The van der Waals surface area contributed by atoms with Gasteiger partial charge in [-0.25, -0.2) is 4.39 Å². The van der Waals surface area contributed by atoms with Gasteiger partial charge < -0.3 is 20.1 Å². The Balaban J connectivity index is 1.34. The van der Waals surface area contributed by atoms with E-state index >= 15 is 0 Å². The highest BCUT2D eigenvalue weighted by Gasteiger charge is 2.36. The summed E-state index contributed by atoms with van der Waals surface area (Å²) in [6.45, 7) is -0.860. The molecule has 4 amide bonds. The largest absolute Gasteiger partial charge is 0.497 e. The Kier molecular flexibility index (Phi) is 8.84. The number of nitrogens with one attached hydrogen (secondary N) is 2. The van der Waals surface area contributed by atoms with Gasteiger partial charge in [0, 0.05) is 5.69 Å². The zero-order valence-corrected chi connectivity index (χ0v) is 22.0. The number of carbonyl (C=O) groups excluding carboxylic acids is 4. The number of thioether (sulfide) groups is 1. The molecule has 0 bridgehead atoms. The first-order valence-electron chi connectivity index (χ1n) is 11.4. The summed E-state index contributed by atoms with van der Waals surface area (Å²) in [4.78, 5) is 50.6. The Morgan fingerprint density at radius 1 is 1.03 bits per heavy atom. The molecule has 0 atom stereocenters. The number of ether oxygens (including phenoxy) is 2. The Bertz CT molecular complexity index is 1460. The van der Waals surface area contributed by atoms with Crippen LogP contribution < -0.4 is 20.1 Å². The molecule has 4 rings (SSSR count). The van der Waals surface area contributed by atoms with E-state index in [9.17, 15) is 23.6 Å². The van der Waals surface area contributed by atoms with Crippen LogP contribution in [0.1, 0.15) is 5.56 Å². The van der Waals surface area contributed by atoms with Crippen LogP contribution in [0.25, 0.3) is 6.08 Å². The van der Waals surface area contributed by atoms with Gasteiger partial charge in [0.2, 0.25) is 5.91 Å². The number of nitrogens with zero attached hydrogens (tertiary/aromatic N) is 1. The lowest BCUT2D eigenvalue weighted by Crippen LogP contribution is -2.36. The highest BCUT2D eigenvalue weighted by molar-refractivity contribution is 8.18. The van der Waals surface area contributed by atoms with Crippen LogP contribution in [0.15, 0.2) is 71.6 Å². The van der Waals surface area contributed by atoms with Crippen LogP contribution in [0.2, 0.25) is 5.02 Å². The van der Waals surface area contributed by atoms with Crippen molar-refractivity contribution in [2.75, 3.05) is 30.9 Å². The minimum atomic E-state index is -0.615. The van der Waals surface area contributed by atoms with Gasteiger partial charge in [-0.2, -0.15) is 0 Å². The molecule has 2 N–H and O–H groups in total. The Morgan fingerprint density at radius 2 is 1.77 bits per heavy atom. The standard InChI is InChI=1S/C27H21ClFN3O6S/c1-37-18-9-7-17(8-10-18)30-24(33)14-32-26(35)23(39-27(32)36)13-16-6-11-22(19(28)12-16)38-15-25(34)31-21-5-3-2-4-20(21)29/h2-13H,14-15H2,1H3,(H,30,33)(H,31,34)/b23-13-. The Hall–Kier alpha value is -4.35. The van der Waals surface area contributed by atoms with E-state index < -0.39 is 41.9 Å². The summed E-state index contributed by atoms with van der Waals surface area (Å²) >= 11 is 6.97. The number of amides is 4. The van der Waals surface area contributed by atoms with E-state index in [2.05, 4.69) is 10.6 Å². The first kappa shape index (κ1) is 27.7. The number of carbonyl (C=O) groups is 4. The average molecular weight is 570 g/mol. The third kappa shape index (κ3) is 7.15. The van der Waals surface area contributed by atoms with Gasteiger partial charge >= 0.3 is 0 Å². The number of imide groups is 1. The lowest BCUT2D eigenvalue weighted by molar-refractivity contribution is -0.127. The fourth-order valence-corrected chi connectivity index (χ4v) is 4.50. The summed E-state index contributed by atoms with van der Waals surface area (Å²) in [5.74, 6) is -1.49. The topological polar surface area (TPSA) is 114 Å². The first-order valence-corrected chi connectivity index (χ1v) is 12.6. The summed E-state index contributed by atoms with van der Waals surface area (Å²) in [6.07, 6.45) is 1.47. The molecule has 3 aromatic carbocycles. The highest BCUT2D eigenvalue weighted by atomic mass is 35.5. The first-order chi connectivity index (χ1) is 18.7. The summed E-state index contributed by atoms with van der Waals surface area (Å²) in [5, 5.41) is 4.60. The van der Waals surface area contributed by atoms with Gasteiger partial charge in [-0.05, 0) is 71.9 Å². The normalized spacial score (nSPS) is 13.9. The minimum Gasteiger partial charge on any atom is -0.497 e. The summed E-state index contributed by atoms with van der Waals surface area (Å²) in [5.41, 5.74) is 1.01.